The Morgan fingerprint density at radius 1 is 1.10 bits per heavy atom. The smallest absolute Gasteiger partial charge is 0.230 e. The zero-order valence-corrected chi connectivity index (χ0v) is 18.7. The van der Waals surface area contributed by atoms with E-state index in [2.05, 4.69) is 15.5 Å². The first-order valence-electron chi connectivity index (χ1n) is 8.39. The van der Waals surface area contributed by atoms with E-state index in [9.17, 15) is 4.79 Å². The summed E-state index contributed by atoms with van der Waals surface area (Å²) >= 11 is 14.9. The average Bonchev–Trinajstić information content (AvgIpc) is 3.14. The lowest BCUT2D eigenvalue weighted by Crippen LogP contribution is -2.14. The number of carbonyl (C=O) groups excluding carboxylic acids is 1. The van der Waals surface area contributed by atoms with Gasteiger partial charge in [0.25, 0.3) is 0 Å². The van der Waals surface area contributed by atoms with Crippen LogP contribution < -0.4 is 14.8 Å². The van der Waals surface area contributed by atoms with Crippen molar-refractivity contribution in [2.24, 2.45) is 0 Å². The van der Waals surface area contributed by atoms with E-state index in [0.717, 1.165) is 15.5 Å². The standard InChI is InChI=1S/C19H17Cl2N3O3S2/c1-26-15-6-3-11(7-16(15)27-2)8-17(25)22-18-23-24-19(29-18)28-10-12-4-5-13(20)9-14(12)21/h3-7,9H,8,10H2,1-2H3,(H,22,23,25). The fraction of sp³-hybridized carbons (Fsp3) is 0.211. The van der Waals surface area contributed by atoms with Crippen molar-refractivity contribution in [3.63, 3.8) is 0 Å². The van der Waals surface area contributed by atoms with E-state index in [0.29, 0.717) is 32.4 Å². The number of aromatic nitrogens is 2. The zero-order chi connectivity index (χ0) is 20.8. The van der Waals surface area contributed by atoms with Crippen molar-refractivity contribution in [1.82, 2.24) is 10.2 Å². The molecule has 0 bridgehead atoms. The molecule has 152 valence electrons. The van der Waals surface area contributed by atoms with Crippen LogP contribution in [0, 0.1) is 0 Å². The highest BCUT2D eigenvalue weighted by Crippen LogP contribution is 2.32. The molecule has 0 aliphatic carbocycles. The Bertz CT molecular complexity index is 1010. The fourth-order valence-corrected chi connectivity index (χ4v) is 4.76. The van der Waals surface area contributed by atoms with E-state index >= 15 is 0 Å². The van der Waals surface area contributed by atoms with Crippen molar-refractivity contribution in [3.8, 4) is 11.5 Å². The van der Waals surface area contributed by atoms with Crippen LogP contribution in [-0.2, 0) is 17.0 Å². The van der Waals surface area contributed by atoms with Gasteiger partial charge in [-0.1, -0.05) is 58.4 Å². The van der Waals surface area contributed by atoms with Crippen LogP contribution in [-0.4, -0.2) is 30.3 Å². The quantitative estimate of drug-likeness (QED) is 0.354. The number of ether oxygens (including phenoxy) is 2. The normalized spacial score (nSPS) is 10.6. The summed E-state index contributed by atoms with van der Waals surface area (Å²) in [7, 11) is 3.12. The van der Waals surface area contributed by atoms with E-state index in [1.807, 2.05) is 12.1 Å². The number of hydrogen-bond donors (Lipinski definition) is 1. The Morgan fingerprint density at radius 2 is 1.90 bits per heavy atom. The molecule has 3 aromatic rings. The number of methoxy groups -OCH3 is 2. The summed E-state index contributed by atoms with van der Waals surface area (Å²) in [6, 6.07) is 10.7. The fourth-order valence-electron chi connectivity index (χ4n) is 2.44. The largest absolute Gasteiger partial charge is 0.493 e. The van der Waals surface area contributed by atoms with Crippen molar-refractivity contribution < 1.29 is 14.3 Å². The second-order valence-corrected chi connectivity index (χ2v) is 8.86. The average molecular weight is 470 g/mol. The van der Waals surface area contributed by atoms with E-state index < -0.39 is 0 Å². The van der Waals surface area contributed by atoms with E-state index in [1.165, 1.54) is 23.1 Å². The maximum absolute atomic E-state index is 12.3. The van der Waals surface area contributed by atoms with Crippen LogP contribution in [0.4, 0.5) is 5.13 Å². The summed E-state index contributed by atoms with van der Waals surface area (Å²) in [6.45, 7) is 0. The molecular weight excluding hydrogens is 453 g/mol. The highest BCUT2D eigenvalue weighted by Gasteiger charge is 2.12. The summed E-state index contributed by atoms with van der Waals surface area (Å²) < 4.78 is 11.2. The Labute approximate surface area is 186 Å². The van der Waals surface area contributed by atoms with Crippen LogP contribution in [0.1, 0.15) is 11.1 Å². The number of carbonyl (C=O) groups is 1. The van der Waals surface area contributed by atoms with Crippen LogP contribution >= 0.6 is 46.3 Å². The van der Waals surface area contributed by atoms with Crippen LogP contribution in [0.5, 0.6) is 11.5 Å². The Balaban J connectivity index is 1.56. The third-order valence-corrected chi connectivity index (χ3v) is 6.44. The number of nitrogens with zero attached hydrogens (tertiary/aromatic N) is 2. The van der Waals surface area contributed by atoms with Crippen molar-refractivity contribution >= 4 is 57.3 Å². The van der Waals surface area contributed by atoms with E-state index in [1.54, 1.807) is 38.5 Å². The van der Waals surface area contributed by atoms with Gasteiger partial charge in [-0.25, -0.2) is 0 Å². The lowest BCUT2D eigenvalue weighted by molar-refractivity contribution is -0.115. The van der Waals surface area contributed by atoms with Gasteiger partial charge in [-0.3, -0.25) is 4.79 Å². The summed E-state index contributed by atoms with van der Waals surface area (Å²) in [4.78, 5) is 12.3. The minimum absolute atomic E-state index is 0.183. The summed E-state index contributed by atoms with van der Waals surface area (Å²) in [6.07, 6.45) is 0.183. The van der Waals surface area contributed by atoms with Gasteiger partial charge in [0.15, 0.2) is 15.8 Å². The molecule has 0 saturated heterocycles. The maximum atomic E-state index is 12.3. The zero-order valence-electron chi connectivity index (χ0n) is 15.6. The third kappa shape index (κ3) is 5.99. The van der Waals surface area contributed by atoms with E-state index in [4.69, 9.17) is 32.7 Å². The first kappa shape index (κ1) is 21.7. The number of amides is 1. The molecule has 1 heterocycles. The van der Waals surface area contributed by atoms with Crippen molar-refractivity contribution in [3.05, 3.63) is 57.6 Å². The van der Waals surface area contributed by atoms with Crippen LogP contribution in [0.2, 0.25) is 10.0 Å². The molecule has 6 nitrogen and oxygen atoms in total. The van der Waals surface area contributed by atoms with Crippen molar-refractivity contribution in [2.45, 2.75) is 16.5 Å². The van der Waals surface area contributed by atoms with E-state index in [-0.39, 0.29) is 12.3 Å². The maximum Gasteiger partial charge on any atom is 0.230 e. The molecule has 1 N–H and O–H groups in total. The van der Waals surface area contributed by atoms with Crippen LogP contribution in [0.25, 0.3) is 0 Å². The molecule has 0 atom stereocenters. The molecule has 0 saturated carbocycles. The molecule has 3 rings (SSSR count). The molecule has 2 aromatic carbocycles. The molecule has 0 radical (unpaired) electrons. The van der Waals surface area contributed by atoms with Gasteiger partial charge in [0.1, 0.15) is 0 Å². The number of thioether (sulfide) groups is 1. The molecule has 1 aromatic heterocycles. The van der Waals surface area contributed by atoms with Crippen LogP contribution in [0.15, 0.2) is 40.7 Å². The predicted molar refractivity (Wildman–Crippen MR) is 118 cm³/mol. The minimum Gasteiger partial charge on any atom is -0.493 e. The predicted octanol–water partition coefficient (Wildman–Crippen LogP) is 5.34. The summed E-state index contributed by atoms with van der Waals surface area (Å²) in [5.74, 6) is 1.63. The van der Waals surface area contributed by atoms with Gasteiger partial charge in [0, 0.05) is 15.8 Å². The van der Waals surface area contributed by atoms with Gasteiger partial charge < -0.3 is 14.8 Å². The number of rotatable bonds is 8. The molecule has 10 heteroatoms. The number of anilines is 1. The van der Waals surface area contributed by atoms with Gasteiger partial charge in [-0.2, -0.15) is 0 Å². The number of benzene rings is 2. The Hall–Kier alpha value is -2.00. The van der Waals surface area contributed by atoms with Gasteiger partial charge in [-0.05, 0) is 35.4 Å². The first-order valence-corrected chi connectivity index (χ1v) is 10.9. The second kappa shape index (κ2) is 10.2. The Morgan fingerprint density at radius 3 is 2.62 bits per heavy atom. The van der Waals surface area contributed by atoms with Crippen molar-refractivity contribution in [1.29, 1.82) is 0 Å². The number of halogens is 2. The SMILES string of the molecule is COc1ccc(CC(=O)Nc2nnc(SCc3ccc(Cl)cc3Cl)s2)cc1OC. The highest BCUT2D eigenvalue weighted by molar-refractivity contribution is 8.00. The summed E-state index contributed by atoms with van der Waals surface area (Å²) in [5.41, 5.74) is 1.76. The Kier molecular flexibility index (Phi) is 7.60. The molecule has 0 aliphatic rings. The van der Waals surface area contributed by atoms with Gasteiger partial charge in [0.05, 0.1) is 20.6 Å². The van der Waals surface area contributed by atoms with Gasteiger partial charge in [0.2, 0.25) is 11.0 Å². The molecular formula is C19H17Cl2N3O3S2. The van der Waals surface area contributed by atoms with Gasteiger partial charge in [-0.15, -0.1) is 10.2 Å². The minimum atomic E-state index is -0.189. The van der Waals surface area contributed by atoms with Gasteiger partial charge >= 0.3 is 0 Å². The second-order valence-electron chi connectivity index (χ2n) is 5.81. The van der Waals surface area contributed by atoms with Crippen molar-refractivity contribution in [2.75, 3.05) is 19.5 Å². The molecule has 1 amide bonds. The molecule has 29 heavy (non-hydrogen) atoms. The lowest BCUT2D eigenvalue weighted by atomic mass is 10.1. The molecule has 0 aliphatic heterocycles. The van der Waals surface area contributed by atoms with Crippen LogP contribution in [0.3, 0.4) is 0 Å². The lowest BCUT2D eigenvalue weighted by Gasteiger charge is -2.09. The monoisotopic (exact) mass is 469 g/mol. The number of nitrogens with one attached hydrogen (secondary N) is 1. The molecule has 0 fully saturated rings. The molecule has 0 unspecified atom stereocenters. The topological polar surface area (TPSA) is 73.3 Å². The third-order valence-electron chi connectivity index (χ3n) is 3.83. The molecule has 0 spiro atoms. The first-order chi connectivity index (χ1) is 14.0. The highest BCUT2D eigenvalue weighted by atomic mass is 35.5. The summed E-state index contributed by atoms with van der Waals surface area (Å²) in [5, 5.41) is 12.5. The number of hydrogen-bond acceptors (Lipinski definition) is 7.